The van der Waals surface area contributed by atoms with Crippen LogP contribution in [0.15, 0.2) is 55.2 Å². The first-order chi connectivity index (χ1) is 12.6. The van der Waals surface area contributed by atoms with Gasteiger partial charge in [-0.15, -0.1) is 0 Å². The van der Waals surface area contributed by atoms with Gasteiger partial charge in [0.2, 0.25) is 0 Å². The second kappa shape index (κ2) is 6.44. The van der Waals surface area contributed by atoms with Gasteiger partial charge in [0.25, 0.3) is 0 Å². The van der Waals surface area contributed by atoms with E-state index in [-0.39, 0.29) is 6.04 Å². The summed E-state index contributed by atoms with van der Waals surface area (Å²) in [7, 11) is 0. The molecule has 7 nitrogen and oxygen atoms in total. The van der Waals surface area contributed by atoms with Gasteiger partial charge < -0.3 is 15.0 Å². The Morgan fingerprint density at radius 1 is 1.00 bits per heavy atom. The monoisotopic (exact) mass is 346 g/mol. The van der Waals surface area contributed by atoms with Crippen LogP contribution in [0.25, 0.3) is 22.2 Å². The number of nitrogen functional groups attached to an aromatic ring is 1. The smallest absolute Gasteiger partial charge is 0.321 e. The first kappa shape index (κ1) is 16.0. The molecule has 26 heavy (non-hydrogen) atoms. The van der Waals surface area contributed by atoms with Gasteiger partial charge in [-0.3, -0.25) is 0 Å². The predicted octanol–water partition coefficient (Wildman–Crippen LogP) is 3.84. The van der Waals surface area contributed by atoms with Crippen LogP contribution in [-0.4, -0.2) is 24.5 Å². The maximum absolute atomic E-state index is 6.13. The summed E-state index contributed by atoms with van der Waals surface area (Å²) in [6, 6.07) is 10.0. The zero-order valence-electron chi connectivity index (χ0n) is 14.5. The summed E-state index contributed by atoms with van der Waals surface area (Å²) in [6.45, 7) is 4.22. The maximum atomic E-state index is 6.13. The molecule has 0 aliphatic rings. The molecule has 130 valence electrons. The number of hydrogen-bond donors (Lipinski definition) is 1. The molecule has 0 aliphatic carbocycles. The fourth-order valence-corrected chi connectivity index (χ4v) is 2.87. The van der Waals surface area contributed by atoms with Crippen molar-refractivity contribution in [3.05, 3.63) is 55.2 Å². The number of rotatable bonds is 4. The van der Waals surface area contributed by atoms with Crippen molar-refractivity contribution in [1.82, 2.24) is 24.5 Å². The predicted molar refractivity (Wildman–Crippen MR) is 99.9 cm³/mol. The molecular formula is C19H18N6O. The van der Waals surface area contributed by atoms with Crippen molar-refractivity contribution in [2.45, 2.75) is 19.9 Å². The molecular weight excluding hydrogens is 328 g/mol. The van der Waals surface area contributed by atoms with Crippen molar-refractivity contribution in [3.63, 3.8) is 0 Å². The Kier molecular flexibility index (Phi) is 3.96. The topological polar surface area (TPSA) is 91.7 Å². The summed E-state index contributed by atoms with van der Waals surface area (Å²) in [5, 5.41) is 0.862. The average molecular weight is 346 g/mol. The van der Waals surface area contributed by atoms with Gasteiger partial charge in [-0.2, -0.15) is 0 Å². The molecule has 2 N–H and O–H groups in total. The van der Waals surface area contributed by atoms with Crippen LogP contribution in [0.2, 0.25) is 0 Å². The molecule has 0 bridgehead atoms. The lowest BCUT2D eigenvalue weighted by Gasteiger charge is -2.07. The van der Waals surface area contributed by atoms with E-state index < -0.39 is 0 Å². The van der Waals surface area contributed by atoms with Gasteiger partial charge >= 0.3 is 6.01 Å². The molecule has 0 radical (unpaired) electrons. The maximum Gasteiger partial charge on any atom is 0.321 e. The Labute approximate surface area is 150 Å². The number of nitrogens with two attached hydrogens (primary N) is 1. The zero-order chi connectivity index (χ0) is 18.1. The molecule has 0 atom stereocenters. The molecule has 0 unspecified atom stereocenters. The molecule has 0 aliphatic heterocycles. The van der Waals surface area contributed by atoms with Crippen molar-refractivity contribution in [2.24, 2.45) is 0 Å². The molecule has 3 aromatic heterocycles. The van der Waals surface area contributed by atoms with Gasteiger partial charge in [-0.05, 0) is 37.6 Å². The lowest BCUT2D eigenvalue weighted by atomic mass is 10.1. The zero-order valence-corrected chi connectivity index (χ0v) is 14.5. The van der Waals surface area contributed by atoms with Crippen LogP contribution in [0, 0.1) is 0 Å². The van der Waals surface area contributed by atoms with E-state index in [0.29, 0.717) is 17.6 Å². The molecule has 4 rings (SSSR count). The summed E-state index contributed by atoms with van der Waals surface area (Å²) >= 11 is 0. The Morgan fingerprint density at radius 3 is 2.42 bits per heavy atom. The first-order valence-corrected chi connectivity index (χ1v) is 8.30. The van der Waals surface area contributed by atoms with Crippen LogP contribution in [0.4, 0.5) is 5.82 Å². The van der Waals surface area contributed by atoms with E-state index in [0.717, 1.165) is 22.2 Å². The van der Waals surface area contributed by atoms with E-state index in [1.165, 1.54) is 6.33 Å². The number of fused-ring (bicyclic) bond motifs is 1. The fourth-order valence-electron chi connectivity index (χ4n) is 2.87. The van der Waals surface area contributed by atoms with Crippen molar-refractivity contribution in [1.29, 1.82) is 0 Å². The van der Waals surface area contributed by atoms with E-state index in [4.69, 9.17) is 10.5 Å². The van der Waals surface area contributed by atoms with Crippen LogP contribution in [0.3, 0.4) is 0 Å². The molecule has 0 saturated carbocycles. The Balaban J connectivity index is 1.74. The Bertz CT molecular complexity index is 1040. The minimum atomic E-state index is 0.262. The van der Waals surface area contributed by atoms with Crippen molar-refractivity contribution >= 4 is 16.9 Å². The minimum Gasteiger partial charge on any atom is -0.424 e. The molecule has 1 aromatic carbocycles. The third-order valence-electron chi connectivity index (χ3n) is 4.11. The number of hydrogen-bond acceptors (Lipinski definition) is 6. The second-order valence-corrected chi connectivity index (χ2v) is 6.16. The number of benzene rings is 1. The lowest BCUT2D eigenvalue weighted by molar-refractivity contribution is 0.442. The Hall–Kier alpha value is -3.48. The van der Waals surface area contributed by atoms with E-state index in [2.05, 4.69) is 44.5 Å². The number of nitrogens with zero attached hydrogens (tertiary/aromatic N) is 5. The summed E-state index contributed by atoms with van der Waals surface area (Å²) in [4.78, 5) is 16.7. The summed E-state index contributed by atoms with van der Waals surface area (Å²) in [5.74, 6) is 1.14. The molecule has 0 fully saturated rings. The fraction of sp³-hybridized carbons (Fsp3) is 0.158. The van der Waals surface area contributed by atoms with Gasteiger partial charge in [0.15, 0.2) is 0 Å². The summed E-state index contributed by atoms with van der Waals surface area (Å²) < 4.78 is 7.75. The average Bonchev–Trinajstić information content (AvgIpc) is 3.05. The minimum absolute atomic E-state index is 0.262. The van der Waals surface area contributed by atoms with Crippen molar-refractivity contribution in [2.75, 3.05) is 5.73 Å². The first-order valence-electron chi connectivity index (χ1n) is 8.30. The summed E-state index contributed by atoms with van der Waals surface area (Å²) in [5.41, 5.74) is 8.97. The van der Waals surface area contributed by atoms with Gasteiger partial charge in [-0.1, -0.05) is 12.1 Å². The lowest BCUT2D eigenvalue weighted by Crippen LogP contribution is -2.00. The van der Waals surface area contributed by atoms with Crippen molar-refractivity contribution < 1.29 is 4.74 Å². The van der Waals surface area contributed by atoms with Crippen molar-refractivity contribution in [3.8, 4) is 22.9 Å². The highest BCUT2D eigenvalue weighted by Crippen LogP contribution is 2.35. The normalized spacial score (nSPS) is 11.2. The third kappa shape index (κ3) is 2.83. The van der Waals surface area contributed by atoms with Crippen LogP contribution in [0.1, 0.15) is 19.9 Å². The highest BCUT2D eigenvalue weighted by molar-refractivity contribution is 6.00. The van der Waals surface area contributed by atoms with Crippen LogP contribution >= 0.6 is 0 Å². The van der Waals surface area contributed by atoms with Gasteiger partial charge in [0.1, 0.15) is 23.5 Å². The molecule has 0 saturated heterocycles. The van der Waals surface area contributed by atoms with Gasteiger partial charge in [0.05, 0.1) is 5.39 Å². The Morgan fingerprint density at radius 2 is 1.73 bits per heavy atom. The molecule has 0 spiro atoms. The number of ether oxygens (including phenoxy) is 1. The van der Waals surface area contributed by atoms with E-state index in [1.54, 1.807) is 18.5 Å². The van der Waals surface area contributed by atoms with Crippen LogP contribution in [-0.2, 0) is 0 Å². The highest BCUT2D eigenvalue weighted by Gasteiger charge is 2.16. The van der Waals surface area contributed by atoms with Crippen LogP contribution < -0.4 is 10.5 Å². The molecule has 4 aromatic rings. The van der Waals surface area contributed by atoms with Crippen LogP contribution in [0.5, 0.6) is 11.8 Å². The third-order valence-corrected chi connectivity index (χ3v) is 4.11. The van der Waals surface area contributed by atoms with E-state index >= 15 is 0 Å². The van der Waals surface area contributed by atoms with Gasteiger partial charge in [-0.25, -0.2) is 19.9 Å². The molecule has 7 heteroatoms. The standard InChI is InChI=1S/C19H18N6O/c1-12(2)25-10-15(16-17(20)23-11-24-18(16)25)13-4-6-14(7-5-13)26-19-21-8-3-9-22-19/h3-12H,1-2H3,(H2,20,23,24). The molecule has 3 heterocycles. The largest absolute Gasteiger partial charge is 0.424 e. The van der Waals surface area contributed by atoms with E-state index in [9.17, 15) is 0 Å². The molecule has 0 amide bonds. The SMILES string of the molecule is CC(C)n1cc(-c2ccc(Oc3ncccn3)cc2)c2c(N)ncnc21. The number of aromatic nitrogens is 5. The van der Waals surface area contributed by atoms with Gasteiger partial charge in [0, 0.05) is 30.2 Å². The quantitative estimate of drug-likeness (QED) is 0.603. The second-order valence-electron chi connectivity index (χ2n) is 6.16. The van der Waals surface area contributed by atoms with E-state index in [1.807, 2.05) is 24.3 Å². The highest BCUT2D eigenvalue weighted by atomic mass is 16.5. The number of anilines is 1. The summed E-state index contributed by atoms with van der Waals surface area (Å²) in [6.07, 6.45) is 6.84.